The molecule has 12 heavy (non-hydrogen) atoms. The van der Waals surface area contributed by atoms with Crippen LogP contribution in [0.4, 0.5) is 0 Å². The molecular formula is C9H12O2S. The zero-order chi connectivity index (χ0) is 9.14. The lowest BCUT2D eigenvalue weighted by atomic mass is 9.95. The fourth-order valence-corrected chi connectivity index (χ4v) is 2.19. The molecule has 0 spiro atoms. The van der Waals surface area contributed by atoms with Crippen molar-refractivity contribution in [2.45, 2.75) is 19.8 Å². The molecule has 1 heterocycles. The van der Waals surface area contributed by atoms with E-state index in [1.54, 1.807) is 0 Å². The van der Waals surface area contributed by atoms with Crippen LogP contribution in [-0.2, 0) is 4.79 Å². The fourth-order valence-electron chi connectivity index (χ4n) is 1.20. The van der Waals surface area contributed by atoms with E-state index in [0.717, 1.165) is 4.88 Å². The normalized spacial score (nSPS) is 13.2. The van der Waals surface area contributed by atoms with Crippen molar-refractivity contribution in [2.75, 3.05) is 0 Å². The monoisotopic (exact) mass is 184 g/mol. The minimum absolute atomic E-state index is 0.154. The van der Waals surface area contributed by atoms with Crippen molar-refractivity contribution in [1.29, 1.82) is 0 Å². The van der Waals surface area contributed by atoms with E-state index in [9.17, 15) is 4.79 Å². The molecule has 1 aromatic heterocycles. The Morgan fingerprint density at radius 1 is 1.58 bits per heavy atom. The van der Waals surface area contributed by atoms with Gasteiger partial charge in [-0.2, -0.15) is 0 Å². The van der Waals surface area contributed by atoms with Gasteiger partial charge in [0, 0.05) is 4.88 Å². The van der Waals surface area contributed by atoms with Crippen molar-refractivity contribution < 1.29 is 9.90 Å². The van der Waals surface area contributed by atoms with Crippen LogP contribution in [0, 0.1) is 5.92 Å². The zero-order valence-electron chi connectivity index (χ0n) is 7.15. The number of carbonyl (C=O) groups is 1. The Morgan fingerprint density at radius 2 is 2.25 bits per heavy atom. The molecule has 0 bridgehead atoms. The molecule has 0 saturated heterocycles. The average Bonchev–Trinajstić information content (AvgIpc) is 2.37. The summed E-state index contributed by atoms with van der Waals surface area (Å²) < 4.78 is 0. The SMILES string of the molecule is CC(C)[C@@H](C(=O)O)c1cccs1. The van der Waals surface area contributed by atoms with Crippen LogP contribution in [0.2, 0.25) is 0 Å². The molecule has 0 aromatic carbocycles. The lowest BCUT2D eigenvalue weighted by Gasteiger charge is -2.13. The molecule has 0 unspecified atom stereocenters. The summed E-state index contributed by atoms with van der Waals surface area (Å²) in [5.74, 6) is -0.918. The smallest absolute Gasteiger partial charge is 0.312 e. The predicted octanol–water partition coefficient (Wildman–Crippen LogP) is 2.57. The largest absolute Gasteiger partial charge is 0.481 e. The van der Waals surface area contributed by atoms with E-state index in [1.807, 2.05) is 31.4 Å². The van der Waals surface area contributed by atoms with Gasteiger partial charge < -0.3 is 5.11 Å². The molecule has 1 aromatic rings. The van der Waals surface area contributed by atoms with Gasteiger partial charge in [-0.25, -0.2) is 0 Å². The number of hydrogen-bond donors (Lipinski definition) is 1. The van der Waals surface area contributed by atoms with Gasteiger partial charge in [-0.05, 0) is 17.4 Å². The third-order valence-electron chi connectivity index (χ3n) is 1.78. The second kappa shape index (κ2) is 3.72. The van der Waals surface area contributed by atoms with Crippen LogP contribution in [0.15, 0.2) is 17.5 Å². The van der Waals surface area contributed by atoms with Gasteiger partial charge in [-0.1, -0.05) is 19.9 Å². The number of aliphatic carboxylic acids is 1. The molecule has 2 nitrogen and oxygen atoms in total. The van der Waals surface area contributed by atoms with E-state index in [0.29, 0.717) is 0 Å². The highest BCUT2D eigenvalue weighted by molar-refractivity contribution is 7.10. The zero-order valence-corrected chi connectivity index (χ0v) is 7.97. The predicted molar refractivity (Wildman–Crippen MR) is 49.5 cm³/mol. The number of hydrogen-bond acceptors (Lipinski definition) is 2. The van der Waals surface area contributed by atoms with E-state index in [-0.39, 0.29) is 11.8 Å². The maximum Gasteiger partial charge on any atom is 0.312 e. The van der Waals surface area contributed by atoms with Gasteiger partial charge in [0.15, 0.2) is 0 Å². The summed E-state index contributed by atoms with van der Waals surface area (Å²) in [5.41, 5.74) is 0. The van der Waals surface area contributed by atoms with Crippen molar-refractivity contribution in [2.24, 2.45) is 5.92 Å². The number of thiophene rings is 1. The lowest BCUT2D eigenvalue weighted by molar-refractivity contribution is -0.139. The first-order valence-electron chi connectivity index (χ1n) is 3.89. The molecule has 1 rings (SSSR count). The Kier molecular flexibility index (Phi) is 2.87. The molecule has 66 valence electrons. The molecule has 0 aliphatic rings. The fraction of sp³-hybridized carbons (Fsp3) is 0.444. The Morgan fingerprint density at radius 3 is 2.58 bits per heavy atom. The third kappa shape index (κ3) is 1.85. The average molecular weight is 184 g/mol. The highest BCUT2D eigenvalue weighted by Crippen LogP contribution is 2.28. The van der Waals surface area contributed by atoms with Crippen LogP contribution in [0.25, 0.3) is 0 Å². The quantitative estimate of drug-likeness (QED) is 0.784. The van der Waals surface area contributed by atoms with Crippen LogP contribution in [0.3, 0.4) is 0 Å². The minimum atomic E-state index is -0.729. The lowest BCUT2D eigenvalue weighted by Crippen LogP contribution is -2.15. The Hall–Kier alpha value is -0.830. The summed E-state index contributed by atoms with van der Waals surface area (Å²) in [5, 5.41) is 10.8. The van der Waals surface area contributed by atoms with E-state index >= 15 is 0 Å². The summed E-state index contributed by atoms with van der Waals surface area (Å²) in [6.45, 7) is 3.86. The standard InChI is InChI=1S/C9H12O2S/c1-6(2)8(9(10)11)7-4-3-5-12-7/h3-6,8H,1-2H3,(H,10,11)/t8-/m1/s1. The van der Waals surface area contributed by atoms with Gasteiger partial charge in [0.25, 0.3) is 0 Å². The molecule has 0 fully saturated rings. The van der Waals surface area contributed by atoms with Gasteiger partial charge in [0.05, 0.1) is 5.92 Å². The van der Waals surface area contributed by atoms with Crippen LogP contribution in [-0.4, -0.2) is 11.1 Å². The highest BCUT2D eigenvalue weighted by Gasteiger charge is 2.23. The molecule has 3 heteroatoms. The van der Waals surface area contributed by atoms with Crippen molar-refractivity contribution >= 4 is 17.3 Å². The van der Waals surface area contributed by atoms with E-state index in [4.69, 9.17) is 5.11 Å². The molecule has 1 N–H and O–H groups in total. The Labute approximate surface area is 75.9 Å². The van der Waals surface area contributed by atoms with Crippen molar-refractivity contribution in [3.63, 3.8) is 0 Å². The first-order chi connectivity index (χ1) is 5.63. The summed E-state index contributed by atoms with van der Waals surface area (Å²) in [4.78, 5) is 11.8. The molecule has 0 amide bonds. The third-order valence-corrected chi connectivity index (χ3v) is 2.74. The Bertz CT molecular complexity index is 252. The first kappa shape index (κ1) is 9.26. The van der Waals surface area contributed by atoms with Crippen LogP contribution < -0.4 is 0 Å². The maximum atomic E-state index is 10.8. The second-order valence-corrected chi connectivity index (χ2v) is 4.05. The molecule has 0 aliphatic heterocycles. The minimum Gasteiger partial charge on any atom is -0.481 e. The molecule has 0 radical (unpaired) electrons. The van der Waals surface area contributed by atoms with Crippen LogP contribution in [0.1, 0.15) is 24.6 Å². The van der Waals surface area contributed by atoms with E-state index in [2.05, 4.69) is 0 Å². The summed E-state index contributed by atoms with van der Waals surface area (Å²) in [7, 11) is 0. The molecule has 0 saturated carbocycles. The van der Waals surface area contributed by atoms with E-state index in [1.165, 1.54) is 11.3 Å². The van der Waals surface area contributed by atoms with E-state index < -0.39 is 5.97 Å². The van der Waals surface area contributed by atoms with Gasteiger partial charge in [-0.15, -0.1) is 11.3 Å². The number of rotatable bonds is 3. The van der Waals surface area contributed by atoms with Crippen molar-refractivity contribution in [1.82, 2.24) is 0 Å². The second-order valence-electron chi connectivity index (χ2n) is 3.08. The maximum absolute atomic E-state index is 10.8. The van der Waals surface area contributed by atoms with Crippen molar-refractivity contribution in [3.8, 4) is 0 Å². The van der Waals surface area contributed by atoms with Gasteiger partial charge in [-0.3, -0.25) is 4.79 Å². The number of carboxylic acid groups (broad SMARTS) is 1. The molecular weight excluding hydrogens is 172 g/mol. The highest BCUT2D eigenvalue weighted by atomic mass is 32.1. The molecule has 0 aliphatic carbocycles. The molecule has 1 atom stereocenters. The summed E-state index contributed by atoms with van der Waals surface area (Å²) >= 11 is 1.51. The number of carboxylic acids is 1. The first-order valence-corrected chi connectivity index (χ1v) is 4.77. The van der Waals surface area contributed by atoms with Crippen LogP contribution in [0.5, 0.6) is 0 Å². The summed E-state index contributed by atoms with van der Waals surface area (Å²) in [6, 6.07) is 3.77. The van der Waals surface area contributed by atoms with Gasteiger partial charge in [0.1, 0.15) is 0 Å². The topological polar surface area (TPSA) is 37.3 Å². The summed E-state index contributed by atoms with van der Waals surface area (Å²) in [6.07, 6.45) is 0. The van der Waals surface area contributed by atoms with Gasteiger partial charge >= 0.3 is 5.97 Å². The van der Waals surface area contributed by atoms with Gasteiger partial charge in [0.2, 0.25) is 0 Å². The van der Waals surface area contributed by atoms with Crippen molar-refractivity contribution in [3.05, 3.63) is 22.4 Å². The van der Waals surface area contributed by atoms with Crippen LogP contribution >= 0.6 is 11.3 Å². The Balaban J connectivity index is 2.88.